The van der Waals surface area contributed by atoms with E-state index in [4.69, 9.17) is 0 Å². The van der Waals surface area contributed by atoms with Crippen LogP contribution in [-0.4, -0.2) is 12.2 Å². The van der Waals surface area contributed by atoms with Gasteiger partial charge in [0.2, 0.25) is 5.92 Å². The monoisotopic (exact) mass is 186 g/mol. The van der Waals surface area contributed by atoms with Gasteiger partial charge in [-0.1, -0.05) is 0 Å². The van der Waals surface area contributed by atoms with Gasteiger partial charge in [0.25, 0.3) is 0 Å². The minimum atomic E-state index is -2.67. The molecule has 1 atom stereocenters. The maximum absolute atomic E-state index is 12.8. The van der Waals surface area contributed by atoms with Crippen molar-refractivity contribution in [1.29, 1.82) is 0 Å². The molecule has 1 fully saturated rings. The van der Waals surface area contributed by atoms with Gasteiger partial charge in [0, 0.05) is 24.7 Å². The van der Waals surface area contributed by atoms with Crippen molar-refractivity contribution in [1.82, 2.24) is 0 Å². The fraction of sp³-hybridized carbons (Fsp3) is 0.700. The van der Waals surface area contributed by atoms with Crippen LogP contribution in [0.5, 0.6) is 0 Å². The van der Waals surface area contributed by atoms with E-state index in [0.29, 0.717) is 6.29 Å². The summed E-state index contributed by atoms with van der Waals surface area (Å²) in [4.78, 5) is 10.7. The van der Waals surface area contributed by atoms with Crippen LogP contribution in [-0.2, 0) is 4.79 Å². The lowest BCUT2D eigenvalue weighted by molar-refractivity contribution is -0.117. The average Bonchev–Trinajstić information content (AvgIpc) is 2.40. The fourth-order valence-electron chi connectivity index (χ4n) is 1.68. The Hall–Kier alpha value is -0.910. The van der Waals surface area contributed by atoms with Crippen LogP contribution >= 0.6 is 0 Å². The highest BCUT2D eigenvalue weighted by molar-refractivity contribution is 5.61. The number of carbonyl (C=O) groups excluding carboxylic acids is 1. The Morgan fingerprint density at radius 1 is 1.46 bits per heavy atom. The molecule has 0 spiro atoms. The molecule has 1 aliphatic rings. The summed E-state index contributed by atoms with van der Waals surface area (Å²) >= 11 is 0. The molecule has 0 saturated heterocycles. The first-order chi connectivity index (χ1) is 6.04. The molecule has 0 aromatic rings. The second-order valence-corrected chi connectivity index (χ2v) is 3.62. The number of hydrogen-bond acceptors (Lipinski definition) is 1. The van der Waals surface area contributed by atoms with Gasteiger partial charge in [-0.05, 0) is 13.3 Å². The molecular weight excluding hydrogens is 174 g/mol. The van der Waals surface area contributed by atoms with Crippen LogP contribution in [0.15, 0.2) is 0 Å². The van der Waals surface area contributed by atoms with E-state index in [1.165, 1.54) is 0 Å². The Kier molecular flexibility index (Phi) is 2.70. The standard InChI is InChI=1S/C10H12F2O/c1-2-3-4-9(8-13)5-6-10(11,12)7-9/h8H,4-7H2,1H3. The average molecular weight is 186 g/mol. The van der Waals surface area contributed by atoms with Crippen LogP contribution in [0, 0.1) is 17.3 Å². The topological polar surface area (TPSA) is 17.1 Å². The van der Waals surface area contributed by atoms with E-state index in [9.17, 15) is 13.6 Å². The highest BCUT2D eigenvalue weighted by Gasteiger charge is 2.48. The third kappa shape index (κ3) is 2.27. The van der Waals surface area contributed by atoms with Crippen molar-refractivity contribution in [3.8, 4) is 11.8 Å². The lowest BCUT2D eigenvalue weighted by Crippen LogP contribution is -2.21. The fourth-order valence-corrected chi connectivity index (χ4v) is 1.68. The van der Waals surface area contributed by atoms with E-state index < -0.39 is 11.3 Å². The second-order valence-electron chi connectivity index (χ2n) is 3.62. The first-order valence-corrected chi connectivity index (χ1v) is 4.27. The van der Waals surface area contributed by atoms with Gasteiger partial charge in [0.05, 0.1) is 0 Å². The van der Waals surface area contributed by atoms with Gasteiger partial charge in [0.15, 0.2) is 0 Å². The third-order valence-corrected chi connectivity index (χ3v) is 2.47. The van der Waals surface area contributed by atoms with Gasteiger partial charge < -0.3 is 4.79 Å². The maximum atomic E-state index is 12.8. The Labute approximate surface area is 76.5 Å². The zero-order valence-corrected chi connectivity index (χ0v) is 7.57. The van der Waals surface area contributed by atoms with E-state index in [2.05, 4.69) is 11.8 Å². The van der Waals surface area contributed by atoms with Crippen LogP contribution < -0.4 is 0 Å². The van der Waals surface area contributed by atoms with Crippen molar-refractivity contribution < 1.29 is 13.6 Å². The molecule has 0 aromatic heterocycles. The molecule has 0 aliphatic heterocycles. The second kappa shape index (κ2) is 3.45. The summed E-state index contributed by atoms with van der Waals surface area (Å²) in [6, 6.07) is 0. The maximum Gasteiger partial charge on any atom is 0.249 e. The van der Waals surface area contributed by atoms with Crippen molar-refractivity contribution in [3.63, 3.8) is 0 Å². The predicted octanol–water partition coefficient (Wildman–Crippen LogP) is 2.40. The van der Waals surface area contributed by atoms with Crippen molar-refractivity contribution >= 4 is 6.29 Å². The number of alkyl halides is 2. The van der Waals surface area contributed by atoms with Gasteiger partial charge in [0.1, 0.15) is 6.29 Å². The van der Waals surface area contributed by atoms with Crippen molar-refractivity contribution in [3.05, 3.63) is 0 Å². The molecule has 72 valence electrons. The molecule has 13 heavy (non-hydrogen) atoms. The SMILES string of the molecule is CC#CCC1(C=O)CCC(F)(F)C1. The molecule has 1 saturated carbocycles. The number of carbonyl (C=O) groups is 1. The normalized spacial score (nSPS) is 30.7. The molecule has 0 heterocycles. The summed E-state index contributed by atoms with van der Waals surface area (Å²) in [6.07, 6.45) is 0.661. The first-order valence-electron chi connectivity index (χ1n) is 4.27. The summed E-state index contributed by atoms with van der Waals surface area (Å²) < 4.78 is 25.7. The highest BCUT2D eigenvalue weighted by Crippen LogP contribution is 2.47. The van der Waals surface area contributed by atoms with Gasteiger partial charge in [-0.3, -0.25) is 0 Å². The highest BCUT2D eigenvalue weighted by atomic mass is 19.3. The molecule has 1 nitrogen and oxygen atoms in total. The molecule has 0 N–H and O–H groups in total. The Balaban J connectivity index is 2.72. The minimum Gasteiger partial charge on any atom is -0.303 e. The lowest BCUT2D eigenvalue weighted by Gasteiger charge is -2.18. The van der Waals surface area contributed by atoms with Gasteiger partial charge >= 0.3 is 0 Å². The van der Waals surface area contributed by atoms with Crippen molar-refractivity contribution in [2.75, 3.05) is 0 Å². The third-order valence-electron chi connectivity index (χ3n) is 2.47. The van der Waals surface area contributed by atoms with Gasteiger partial charge in [-0.15, -0.1) is 11.8 Å². The summed E-state index contributed by atoms with van der Waals surface area (Å²) in [5.41, 5.74) is -0.882. The number of rotatable bonds is 2. The van der Waals surface area contributed by atoms with Crippen molar-refractivity contribution in [2.24, 2.45) is 5.41 Å². The van der Waals surface area contributed by atoms with E-state index in [0.717, 1.165) is 0 Å². The Morgan fingerprint density at radius 2 is 2.15 bits per heavy atom. The molecule has 1 unspecified atom stereocenters. The van der Waals surface area contributed by atoms with Gasteiger partial charge in [-0.25, -0.2) is 8.78 Å². The van der Waals surface area contributed by atoms with Gasteiger partial charge in [-0.2, -0.15) is 0 Å². The zero-order valence-electron chi connectivity index (χ0n) is 7.57. The molecule has 0 amide bonds. The van der Waals surface area contributed by atoms with Crippen LogP contribution in [0.25, 0.3) is 0 Å². The summed E-state index contributed by atoms with van der Waals surface area (Å²) in [7, 11) is 0. The smallest absolute Gasteiger partial charge is 0.249 e. The number of halogens is 2. The zero-order chi connectivity index (χ0) is 9.95. The van der Waals surface area contributed by atoms with Crippen LogP contribution in [0.1, 0.15) is 32.6 Å². The van der Waals surface area contributed by atoms with E-state index in [1.54, 1.807) is 6.92 Å². The quantitative estimate of drug-likeness (QED) is 0.478. The molecular formula is C10H12F2O. The van der Waals surface area contributed by atoms with Crippen LogP contribution in [0.3, 0.4) is 0 Å². The molecule has 0 aromatic carbocycles. The molecule has 1 aliphatic carbocycles. The summed E-state index contributed by atoms with van der Waals surface area (Å²) in [5, 5.41) is 0. The lowest BCUT2D eigenvalue weighted by atomic mass is 9.84. The minimum absolute atomic E-state index is 0.183. The van der Waals surface area contributed by atoms with E-state index in [1.807, 2.05) is 0 Å². The Morgan fingerprint density at radius 3 is 2.54 bits per heavy atom. The number of hydrogen-bond donors (Lipinski definition) is 0. The summed E-state index contributed by atoms with van der Waals surface area (Å²) in [5.74, 6) is 2.66. The molecule has 0 radical (unpaired) electrons. The predicted molar refractivity (Wildman–Crippen MR) is 45.4 cm³/mol. The number of aldehydes is 1. The van der Waals surface area contributed by atoms with E-state index in [-0.39, 0.29) is 25.7 Å². The largest absolute Gasteiger partial charge is 0.303 e. The van der Waals surface area contributed by atoms with Crippen molar-refractivity contribution in [2.45, 2.75) is 38.5 Å². The molecule has 3 heteroatoms. The first kappa shape index (κ1) is 10.2. The summed E-state index contributed by atoms with van der Waals surface area (Å²) in [6.45, 7) is 1.64. The van der Waals surface area contributed by atoms with E-state index >= 15 is 0 Å². The Bertz CT molecular complexity index is 262. The molecule has 0 bridgehead atoms. The molecule has 1 rings (SSSR count). The van der Waals surface area contributed by atoms with Crippen LogP contribution in [0.4, 0.5) is 8.78 Å². The van der Waals surface area contributed by atoms with Crippen LogP contribution in [0.2, 0.25) is 0 Å².